The van der Waals surface area contributed by atoms with Crippen LogP contribution in [0, 0.1) is 17.0 Å². The molecule has 1 aliphatic heterocycles. The van der Waals surface area contributed by atoms with E-state index in [0.717, 1.165) is 17.7 Å². The number of carbonyl (C=O) groups excluding carboxylic acids is 1. The van der Waals surface area contributed by atoms with E-state index < -0.39 is 43.3 Å². The van der Waals surface area contributed by atoms with E-state index in [0.29, 0.717) is 17.5 Å². The molecule has 0 aliphatic carbocycles. The van der Waals surface area contributed by atoms with Crippen LogP contribution in [0.4, 0.5) is 17.1 Å². The predicted molar refractivity (Wildman–Crippen MR) is 122 cm³/mol. The third kappa shape index (κ3) is 4.09. The number of carbonyl (C=O) groups is 1. The maximum atomic E-state index is 12.9. The Hall–Kier alpha value is -4.23. The lowest BCUT2D eigenvalue weighted by molar-refractivity contribution is -0.384. The molecule has 1 heterocycles. The van der Waals surface area contributed by atoms with E-state index >= 15 is 0 Å². The van der Waals surface area contributed by atoms with Crippen LogP contribution in [-0.4, -0.2) is 40.7 Å². The molecule has 3 aromatic rings. The van der Waals surface area contributed by atoms with Crippen molar-refractivity contribution in [1.29, 1.82) is 0 Å². The summed E-state index contributed by atoms with van der Waals surface area (Å²) in [5.41, 5.74) is 1.21. The Kier molecular flexibility index (Phi) is 5.59. The van der Waals surface area contributed by atoms with Crippen LogP contribution in [0.25, 0.3) is 10.8 Å². The van der Waals surface area contributed by atoms with Crippen LogP contribution >= 0.6 is 0 Å². The van der Waals surface area contributed by atoms with Gasteiger partial charge in [-0.3, -0.25) is 19.5 Å². The number of phenols is 1. The van der Waals surface area contributed by atoms with Crippen molar-refractivity contribution in [1.82, 2.24) is 0 Å². The van der Waals surface area contributed by atoms with Crippen molar-refractivity contribution in [3.63, 3.8) is 0 Å². The molecule has 0 radical (unpaired) electrons. The first-order valence-electron chi connectivity index (χ1n) is 9.75. The minimum Gasteiger partial charge on any atom is -0.506 e. The molecule has 0 fully saturated rings. The molecule has 12 nitrogen and oxygen atoms in total. The van der Waals surface area contributed by atoms with Crippen LogP contribution < -0.4 is 5.01 Å². The summed E-state index contributed by atoms with van der Waals surface area (Å²) in [7, 11) is -4.84. The lowest BCUT2D eigenvalue weighted by atomic mass is 10.1. The van der Waals surface area contributed by atoms with Gasteiger partial charge >= 0.3 is 0 Å². The Morgan fingerprint density at radius 1 is 1.09 bits per heavy atom. The first-order chi connectivity index (χ1) is 16.0. The molecule has 1 unspecified atom stereocenters. The number of nitro groups is 1. The Morgan fingerprint density at radius 2 is 1.76 bits per heavy atom. The number of azo groups is 1. The Morgan fingerprint density at radius 3 is 2.38 bits per heavy atom. The summed E-state index contributed by atoms with van der Waals surface area (Å²) in [6, 6.07) is 9.90. The number of rotatable bonds is 5. The molecule has 174 valence electrons. The number of hydrazone groups is 1. The van der Waals surface area contributed by atoms with Gasteiger partial charge in [-0.15, -0.1) is 0 Å². The van der Waals surface area contributed by atoms with Gasteiger partial charge in [-0.1, -0.05) is 17.7 Å². The minimum absolute atomic E-state index is 0.0302. The van der Waals surface area contributed by atoms with Crippen LogP contribution in [-0.2, 0) is 14.9 Å². The lowest BCUT2D eigenvalue weighted by Crippen LogP contribution is -2.29. The maximum Gasteiger partial charge on any atom is 0.295 e. The normalized spacial score (nSPS) is 16.4. The van der Waals surface area contributed by atoms with Gasteiger partial charge in [0.25, 0.3) is 21.7 Å². The molecule has 1 amide bonds. The van der Waals surface area contributed by atoms with E-state index in [1.54, 1.807) is 19.1 Å². The van der Waals surface area contributed by atoms with E-state index in [1.165, 1.54) is 11.1 Å². The van der Waals surface area contributed by atoms with Gasteiger partial charge < -0.3 is 5.11 Å². The summed E-state index contributed by atoms with van der Waals surface area (Å²) in [5.74, 6) is -1.15. The van der Waals surface area contributed by atoms with Crippen molar-refractivity contribution >= 4 is 49.6 Å². The molecule has 0 bridgehead atoms. The number of aromatic hydroxyl groups is 1. The van der Waals surface area contributed by atoms with Crippen molar-refractivity contribution in [2.45, 2.75) is 24.8 Å². The van der Waals surface area contributed by atoms with Crippen molar-refractivity contribution in [3.8, 4) is 5.75 Å². The predicted octanol–water partition coefficient (Wildman–Crippen LogP) is 3.88. The quantitative estimate of drug-likeness (QED) is 0.239. The molecule has 0 saturated heterocycles. The van der Waals surface area contributed by atoms with Crippen molar-refractivity contribution in [2.75, 3.05) is 5.01 Å². The van der Waals surface area contributed by atoms with E-state index in [2.05, 4.69) is 15.3 Å². The molecule has 1 aliphatic rings. The highest BCUT2D eigenvalue weighted by Gasteiger charge is 2.35. The van der Waals surface area contributed by atoms with Gasteiger partial charge in [0, 0.05) is 29.0 Å². The molecule has 0 saturated carbocycles. The Balaban J connectivity index is 1.77. The van der Waals surface area contributed by atoms with Crippen LogP contribution in [0.1, 0.15) is 12.5 Å². The zero-order chi connectivity index (χ0) is 24.8. The van der Waals surface area contributed by atoms with Gasteiger partial charge in [-0.25, -0.2) is 0 Å². The molecule has 13 heteroatoms. The lowest BCUT2D eigenvalue weighted by Gasteiger charge is -2.12. The van der Waals surface area contributed by atoms with E-state index in [-0.39, 0.29) is 16.5 Å². The fourth-order valence-electron chi connectivity index (χ4n) is 3.46. The average molecular weight is 483 g/mol. The zero-order valence-electron chi connectivity index (χ0n) is 17.8. The first kappa shape index (κ1) is 22.9. The Bertz CT molecular complexity index is 1510. The second-order valence-corrected chi connectivity index (χ2v) is 8.94. The van der Waals surface area contributed by atoms with Gasteiger partial charge in [-0.2, -0.15) is 28.8 Å². The van der Waals surface area contributed by atoms with Gasteiger partial charge in [0.15, 0.2) is 6.04 Å². The van der Waals surface area contributed by atoms with Gasteiger partial charge in [0.1, 0.15) is 16.3 Å². The minimum atomic E-state index is -4.84. The summed E-state index contributed by atoms with van der Waals surface area (Å²) < 4.78 is 33.1. The highest BCUT2D eigenvalue weighted by Crippen LogP contribution is 2.41. The highest BCUT2D eigenvalue weighted by molar-refractivity contribution is 7.86. The molecular weight excluding hydrogens is 466 g/mol. The number of hydrogen-bond acceptors (Lipinski definition) is 9. The summed E-state index contributed by atoms with van der Waals surface area (Å²) in [6.45, 7) is 3.48. The third-order valence-corrected chi connectivity index (χ3v) is 6.06. The van der Waals surface area contributed by atoms with Crippen molar-refractivity contribution in [3.05, 3.63) is 64.2 Å². The van der Waals surface area contributed by atoms with Crippen molar-refractivity contribution in [2.24, 2.45) is 15.3 Å². The number of non-ortho nitro benzene ring substituents is 1. The van der Waals surface area contributed by atoms with E-state index in [4.69, 9.17) is 0 Å². The summed E-state index contributed by atoms with van der Waals surface area (Å²) in [4.78, 5) is 22.6. The van der Waals surface area contributed by atoms with Crippen LogP contribution in [0.3, 0.4) is 0 Å². The molecule has 2 N–H and O–H groups in total. The van der Waals surface area contributed by atoms with E-state index in [9.17, 15) is 33.0 Å². The zero-order valence-corrected chi connectivity index (χ0v) is 18.6. The van der Waals surface area contributed by atoms with Gasteiger partial charge in [-0.05, 0) is 32.0 Å². The largest absolute Gasteiger partial charge is 0.506 e. The molecular formula is C21H17N5O7S. The summed E-state index contributed by atoms with van der Waals surface area (Å²) in [6.07, 6.45) is 0. The monoisotopic (exact) mass is 483 g/mol. The number of fused-ring (bicyclic) bond motifs is 1. The fraction of sp³-hybridized carbons (Fsp3) is 0.143. The second kappa shape index (κ2) is 8.28. The number of phenolic OH excluding ortho intramolecular Hbond substituents is 1. The number of anilines is 1. The first-order valence-corrected chi connectivity index (χ1v) is 11.2. The fourth-order valence-corrected chi connectivity index (χ4v) is 4.17. The molecule has 0 spiro atoms. The SMILES string of the molecule is CC1=NN(c2ccc(C)cc2)C(=O)C1N=Nc1c(O)cc(S(=O)(=O)O)c2cc([N+](=O)[O-])ccc12. The van der Waals surface area contributed by atoms with Gasteiger partial charge in [0.05, 0.1) is 16.3 Å². The van der Waals surface area contributed by atoms with Crippen LogP contribution in [0.2, 0.25) is 0 Å². The standard InChI is InChI=1S/C21H17N5O7S/c1-11-3-5-13(6-4-11)25-21(28)19(12(2)24-25)22-23-20-15-8-7-14(26(29)30)9-16(15)18(10-17(20)27)34(31,32)33/h3-10,19,27H,1-2H3,(H,31,32,33). The topological polar surface area (TPSA) is 175 Å². The smallest absolute Gasteiger partial charge is 0.295 e. The Labute approximate surface area is 192 Å². The average Bonchev–Trinajstić information content (AvgIpc) is 3.05. The number of amides is 1. The molecule has 0 aromatic heterocycles. The number of aryl methyl sites for hydroxylation is 1. The number of hydrogen-bond donors (Lipinski definition) is 2. The molecule has 3 aromatic carbocycles. The highest BCUT2D eigenvalue weighted by atomic mass is 32.2. The van der Waals surface area contributed by atoms with Crippen LogP contribution in [0.5, 0.6) is 5.75 Å². The number of nitro benzene ring substituents is 1. The second-order valence-electron chi connectivity index (χ2n) is 7.55. The van der Waals surface area contributed by atoms with Crippen LogP contribution in [0.15, 0.2) is 68.8 Å². The van der Waals surface area contributed by atoms with Crippen molar-refractivity contribution < 1.29 is 27.8 Å². The summed E-state index contributed by atoms with van der Waals surface area (Å²) >= 11 is 0. The van der Waals surface area contributed by atoms with Gasteiger partial charge in [0.2, 0.25) is 0 Å². The maximum absolute atomic E-state index is 12.9. The molecule has 34 heavy (non-hydrogen) atoms. The summed E-state index contributed by atoms with van der Waals surface area (Å²) in [5, 5.41) is 34.6. The third-order valence-electron chi connectivity index (χ3n) is 5.17. The molecule has 4 rings (SSSR count). The van der Waals surface area contributed by atoms with E-state index in [1.807, 2.05) is 19.1 Å². The number of benzene rings is 3. The molecule has 1 atom stereocenters. The number of nitrogens with zero attached hydrogens (tertiary/aromatic N) is 5.